The molecule has 0 aromatic carbocycles. The summed E-state index contributed by atoms with van der Waals surface area (Å²) in [6.07, 6.45) is -0.124. The standard InChI is InChI=1S/C7H7BF4N.K/c9-6-1-2-7(13-5-6)3-4-8(10,11)12;/h1-2,5H,3-4H2;/q-1;+1. The third-order valence-electron chi connectivity index (χ3n) is 1.52. The van der Waals surface area contributed by atoms with Crippen molar-refractivity contribution in [3.63, 3.8) is 0 Å². The van der Waals surface area contributed by atoms with Gasteiger partial charge in [0.2, 0.25) is 0 Å². The molecule has 0 radical (unpaired) electrons. The first-order valence-electron chi connectivity index (χ1n) is 3.79. The van der Waals surface area contributed by atoms with Crippen molar-refractivity contribution in [1.29, 1.82) is 0 Å². The van der Waals surface area contributed by atoms with Gasteiger partial charge in [0.05, 0.1) is 6.20 Å². The van der Waals surface area contributed by atoms with Crippen molar-refractivity contribution < 1.29 is 68.7 Å². The molecule has 1 nitrogen and oxygen atoms in total. The zero-order valence-corrected chi connectivity index (χ0v) is 10.8. The van der Waals surface area contributed by atoms with Gasteiger partial charge in [0.25, 0.3) is 0 Å². The van der Waals surface area contributed by atoms with Crippen LogP contribution in [0.4, 0.5) is 17.3 Å². The molecule has 0 spiro atoms. The van der Waals surface area contributed by atoms with E-state index < -0.39 is 19.1 Å². The molecule has 14 heavy (non-hydrogen) atoms. The molecule has 0 aliphatic carbocycles. The average molecular weight is 231 g/mol. The third kappa shape index (κ3) is 6.13. The van der Waals surface area contributed by atoms with Gasteiger partial charge in [-0.1, -0.05) is 6.32 Å². The number of hydrogen-bond donors (Lipinski definition) is 0. The van der Waals surface area contributed by atoms with Crippen molar-refractivity contribution >= 4 is 6.98 Å². The molecule has 7 heteroatoms. The third-order valence-corrected chi connectivity index (χ3v) is 1.52. The SMILES string of the molecule is Fc1ccc(CC[B-](F)(F)F)nc1.[K+]. The minimum absolute atomic E-state index is 0. The van der Waals surface area contributed by atoms with Crippen LogP contribution in [0.2, 0.25) is 6.32 Å². The molecule has 0 aliphatic rings. The molecule has 0 saturated heterocycles. The van der Waals surface area contributed by atoms with E-state index in [1.54, 1.807) is 0 Å². The topological polar surface area (TPSA) is 12.9 Å². The fourth-order valence-electron chi connectivity index (χ4n) is 0.866. The summed E-state index contributed by atoms with van der Waals surface area (Å²) in [5, 5.41) is 0. The Kier molecular flexibility index (Phi) is 6.47. The van der Waals surface area contributed by atoms with E-state index in [9.17, 15) is 17.3 Å². The van der Waals surface area contributed by atoms with Crippen LogP contribution in [-0.2, 0) is 6.42 Å². The van der Waals surface area contributed by atoms with Gasteiger partial charge in [0.15, 0.2) is 0 Å². The quantitative estimate of drug-likeness (QED) is 0.510. The Bertz CT molecular complexity index is 274. The molecule has 0 unspecified atom stereocenters. The Morgan fingerprint density at radius 2 is 1.86 bits per heavy atom. The van der Waals surface area contributed by atoms with Gasteiger partial charge in [-0.2, -0.15) is 0 Å². The fourth-order valence-corrected chi connectivity index (χ4v) is 0.866. The van der Waals surface area contributed by atoms with Crippen LogP contribution < -0.4 is 51.4 Å². The molecule has 0 atom stereocenters. The van der Waals surface area contributed by atoms with Gasteiger partial charge in [-0.25, -0.2) is 4.39 Å². The molecule has 0 bridgehead atoms. The fraction of sp³-hybridized carbons (Fsp3) is 0.286. The monoisotopic (exact) mass is 231 g/mol. The zero-order valence-electron chi connectivity index (χ0n) is 7.68. The van der Waals surface area contributed by atoms with Crippen LogP contribution in [0.3, 0.4) is 0 Å². The van der Waals surface area contributed by atoms with Crippen LogP contribution in [0.1, 0.15) is 5.69 Å². The minimum atomic E-state index is -4.77. The maximum Gasteiger partial charge on any atom is 1.00 e. The number of pyridine rings is 1. The molecule has 72 valence electrons. The summed E-state index contributed by atoms with van der Waals surface area (Å²) in [6.45, 7) is -4.77. The summed E-state index contributed by atoms with van der Waals surface area (Å²) in [5.74, 6) is -0.540. The van der Waals surface area contributed by atoms with Gasteiger partial charge in [0, 0.05) is 5.69 Å². The maximum atomic E-state index is 12.3. The van der Waals surface area contributed by atoms with Gasteiger partial charge in [-0.3, -0.25) is 4.98 Å². The number of aryl methyl sites for hydroxylation is 1. The largest absolute Gasteiger partial charge is 1.00 e. The Balaban J connectivity index is 0.00000169. The summed E-state index contributed by atoms with van der Waals surface area (Å²) in [5.41, 5.74) is 0.264. The van der Waals surface area contributed by atoms with Gasteiger partial charge < -0.3 is 12.9 Å². The van der Waals surface area contributed by atoms with Crippen molar-refractivity contribution in [2.24, 2.45) is 0 Å². The Morgan fingerprint density at radius 3 is 2.29 bits per heavy atom. The number of rotatable bonds is 3. The molecule has 1 aromatic heterocycles. The number of halogens is 4. The number of aromatic nitrogens is 1. The molecule has 0 fully saturated rings. The Morgan fingerprint density at radius 1 is 1.21 bits per heavy atom. The van der Waals surface area contributed by atoms with Crippen LogP contribution in [0.25, 0.3) is 0 Å². The molecule has 0 N–H and O–H groups in total. The Hall–Kier alpha value is 0.571. The van der Waals surface area contributed by atoms with E-state index in [1.807, 2.05) is 0 Å². The van der Waals surface area contributed by atoms with Gasteiger partial charge in [-0.05, 0) is 18.6 Å². The van der Waals surface area contributed by atoms with E-state index in [0.717, 1.165) is 12.3 Å². The summed E-state index contributed by atoms with van der Waals surface area (Å²) >= 11 is 0. The Labute approximate surface area is 122 Å². The summed E-state index contributed by atoms with van der Waals surface area (Å²) in [6, 6.07) is 2.36. The van der Waals surface area contributed by atoms with E-state index in [2.05, 4.69) is 4.98 Å². The second kappa shape index (κ2) is 6.22. The van der Waals surface area contributed by atoms with Gasteiger partial charge in [-0.15, -0.1) is 0 Å². The molecule has 0 aliphatic heterocycles. The van der Waals surface area contributed by atoms with Crippen molar-refractivity contribution in [2.45, 2.75) is 12.7 Å². The van der Waals surface area contributed by atoms with Crippen molar-refractivity contribution in [2.75, 3.05) is 0 Å². The van der Waals surface area contributed by atoms with Crippen molar-refractivity contribution in [1.82, 2.24) is 4.98 Å². The molecule has 1 aromatic rings. The first-order chi connectivity index (χ1) is 5.97. The average Bonchev–Trinajstić information content (AvgIpc) is 2.02. The zero-order chi connectivity index (χ0) is 9.90. The van der Waals surface area contributed by atoms with E-state index in [0.29, 0.717) is 0 Å². The van der Waals surface area contributed by atoms with Gasteiger partial charge in [0.1, 0.15) is 5.82 Å². The molecular weight excluding hydrogens is 224 g/mol. The van der Waals surface area contributed by atoms with Crippen LogP contribution in [0, 0.1) is 5.82 Å². The van der Waals surface area contributed by atoms with Crippen LogP contribution in [0.5, 0.6) is 0 Å². The van der Waals surface area contributed by atoms with E-state index >= 15 is 0 Å². The van der Waals surface area contributed by atoms with E-state index in [1.165, 1.54) is 6.07 Å². The molecule has 0 saturated carbocycles. The summed E-state index contributed by atoms with van der Waals surface area (Å²) < 4.78 is 47.6. The normalized spacial score (nSPS) is 10.9. The number of nitrogens with zero attached hydrogens (tertiary/aromatic N) is 1. The smallest absolute Gasteiger partial charge is 0.449 e. The first kappa shape index (κ1) is 14.6. The minimum Gasteiger partial charge on any atom is -0.449 e. The van der Waals surface area contributed by atoms with Crippen molar-refractivity contribution in [3.8, 4) is 0 Å². The summed E-state index contributed by atoms with van der Waals surface area (Å²) in [7, 11) is 0. The van der Waals surface area contributed by atoms with Crippen LogP contribution >= 0.6 is 0 Å². The molecule has 1 rings (SSSR count). The van der Waals surface area contributed by atoms with E-state index in [-0.39, 0.29) is 63.5 Å². The molecule has 1 heterocycles. The van der Waals surface area contributed by atoms with Crippen LogP contribution in [0.15, 0.2) is 18.3 Å². The van der Waals surface area contributed by atoms with Crippen molar-refractivity contribution in [3.05, 3.63) is 29.8 Å². The summed E-state index contributed by atoms with van der Waals surface area (Å²) in [4.78, 5) is 3.52. The second-order valence-corrected chi connectivity index (χ2v) is 2.72. The maximum absolute atomic E-state index is 12.3. The van der Waals surface area contributed by atoms with E-state index in [4.69, 9.17) is 0 Å². The first-order valence-corrected chi connectivity index (χ1v) is 3.79. The number of hydrogen-bond acceptors (Lipinski definition) is 1. The van der Waals surface area contributed by atoms with Crippen LogP contribution in [-0.4, -0.2) is 12.0 Å². The molecule has 0 amide bonds. The molecular formula is C7H7BF4KN. The predicted octanol–water partition coefficient (Wildman–Crippen LogP) is -0.385. The van der Waals surface area contributed by atoms with Gasteiger partial charge >= 0.3 is 58.4 Å². The second-order valence-electron chi connectivity index (χ2n) is 2.72. The predicted molar refractivity (Wildman–Crippen MR) is 41.8 cm³/mol.